The average molecular weight is 1100 g/mol. The van der Waals surface area contributed by atoms with Gasteiger partial charge in [-0.1, -0.05) is 49.8 Å². The van der Waals surface area contributed by atoms with E-state index in [4.69, 9.17) is 19.7 Å². The minimum Gasteiger partial charge on any atom is -0.618 e. The number of piperidine rings is 2. The van der Waals surface area contributed by atoms with Crippen LogP contribution < -0.4 is 35.1 Å². The van der Waals surface area contributed by atoms with Crippen LogP contribution in [0.5, 0.6) is 11.5 Å². The Morgan fingerprint density at radius 2 is 1.41 bits per heavy atom. The molecule has 0 bridgehead atoms. The molecule has 4 aromatic heterocycles. The fourth-order valence-corrected chi connectivity index (χ4v) is 12.1. The van der Waals surface area contributed by atoms with Gasteiger partial charge in [-0.25, -0.2) is 0 Å². The number of rotatable bonds is 25. The molecule has 3 saturated carbocycles. The SMILES string of the molecule is COc1cccc(OC)c1-c1cc(N(C=O)[C@@H](CCN2CCCCC2)CC(=O)NCCc2nn[nH]n2)nn1C1CCCC1.O=C(C[C@H](CCN1CCCCC1)NC(=O)c1cc(-c2cccc[n+]2[O-])n(C2CCCC2)n1)NC1CCC1. The molecule has 4 N–H and O–H groups in total. The average Bonchev–Trinajstić information content (AvgIpc) is 4.35. The van der Waals surface area contributed by atoms with E-state index >= 15 is 0 Å². The maximum absolute atomic E-state index is 13.5. The zero-order valence-corrected chi connectivity index (χ0v) is 46.9. The van der Waals surface area contributed by atoms with Crippen molar-refractivity contribution < 1.29 is 33.4 Å². The molecule has 1 aromatic carbocycles. The van der Waals surface area contributed by atoms with E-state index in [1.165, 1.54) is 44.7 Å². The van der Waals surface area contributed by atoms with Gasteiger partial charge in [-0.15, -0.1) is 10.2 Å². The molecule has 5 aliphatic rings. The predicted octanol–water partition coefficient (Wildman–Crippen LogP) is 6.48. The Morgan fingerprint density at radius 3 is 2.00 bits per heavy atom. The monoisotopic (exact) mass is 1100 g/mol. The number of amides is 4. The fraction of sp³-hybridized carbons (Fsp3) is 0.621. The van der Waals surface area contributed by atoms with Crippen LogP contribution in [0.25, 0.3) is 22.6 Å². The summed E-state index contributed by atoms with van der Waals surface area (Å²) in [5.41, 5.74) is 3.09. The minimum atomic E-state index is -0.371. The molecule has 0 unspecified atom stereocenters. The lowest BCUT2D eigenvalue weighted by molar-refractivity contribution is -0.593. The second-order valence-electron chi connectivity index (χ2n) is 22.3. The Kier molecular flexibility index (Phi) is 20.9. The van der Waals surface area contributed by atoms with Crippen LogP contribution in [0.4, 0.5) is 5.82 Å². The fourth-order valence-electron chi connectivity index (χ4n) is 12.1. The highest BCUT2D eigenvalue weighted by molar-refractivity contribution is 5.94. The summed E-state index contributed by atoms with van der Waals surface area (Å²) >= 11 is 0. The third-order valence-electron chi connectivity index (χ3n) is 16.8. The number of aromatic nitrogens is 9. The van der Waals surface area contributed by atoms with Crippen LogP contribution in [0.1, 0.15) is 163 Å². The van der Waals surface area contributed by atoms with Crippen LogP contribution in [-0.2, 0) is 20.8 Å². The number of carbonyl (C=O) groups excluding carboxylic acids is 4. The molecular weight excluding hydrogens is 1020 g/mol. The molecule has 22 heteroatoms. The van der Waals surface area contributed by atoms with Crippen LogP contribution in [0.3, 0.4) is 0 Å². The standard InChI is InChI=1S/C30H43N9O4.C28H40N6O3/c1-42-25-11-8-12-26(43-2)30(25)24-20-28(34-39(24)22-9-4-5-10-22)38(21-40)23(14-18-37-16-6-3-7-17-37)19-29(41)31-15-13-27-32-35-36-33-27;35-27(29-21-9-8-10-21)19-22(14-18-32-15-5-1-6-16-32)30-28(36)24-20-26(25-13-4-7-17-33(25)37)34(31-24)23-11-2-3-12-23/h8,11-12,20-23H,3-7,9-10,13-19H2,1-2H3,(H,31,41)(H,32,33,35,36);4,7,13,17,20-23H,1-3,5-6,8-12,14-16,18-19H2,(H,29,35)(H,30,36)/t23-;22-/m00/s1. The largest absolute Gasteiger partial charge is 0.618 e. The second kappa shape index (κ2) is 29.0. The highest BCUT2D eigenvalue weighted by Crippen LogP contribution is 2.43. The topological polar surface area (TPSA) is 250 Å². The van der Waals surface area contributed by atoms with Gasteiger partial charge in [-0.3, -0.25) is 33.4 Å². The van der Waals surface area contributed by atoms with Crippen molar-refractivity contribution >= 4 is 29.9 Å². The number of nitrogens with one attached hydrogen (secondary N) is 4. The number of hydrogen-bond donors (Lipinski definition) is 4. The molecular formula is C58H83N15O7. The van der Waals surface area contributed by atoms with Crippen molar-refractivity contribution in [3.8, 4) is 34.1 Å². The lowest BCUT2D eigenvalue weighted by Gasteiger charge is -2.31. The maximum atomic E-state index is 13.5. The van der Waals surface area contributed by atoms with Crippen molar-refractivity contribution in [3.05, 3.63) is 71.5 Å². The van der Waals surface area contributed by atoms with Gasteiger partial charge in [0.05, 0.1) is 37.6 Å². The summed E-state index contributed by atoms with van der Waals surface area (Å²) < 4.78 is 16.2. The molecule has 2 aliphatic heterocycles. The van der Waals surface area contributed by atoms with Crippen molar-refractivity contribution in [3.63, 3.8) is 0 Å². The van der Waals surface area contributed by atoms with Crippen LogP contribution in [0.15, 0.2) is 54.7 Å². The molecule has 80 heavy (non-hydrogen) atoms. The first-order valence-corrected chi connectivity index (χ1v) is 29.5. The first-order chi connectivity index (χ1) is 39.2. The van der Waals surface area contributed by atoms with Gasteiger partial charge in [-0.2, -0.15) is 20.1 Å². The van der Waals surface area contributed by atoms with Gasteiger partial charge >= 0.3 is 0 Å². The van der Waals surface area contributed by atoms with Gasteiger partial charge in [0.15, 0.2) is 23.5 Å². The molecule has 22 nitrogen and oxygen atoms in total. The highest BCUT2D eigenvalue weighted by Gasteiger charge is 2.32. The van der Waals surface area contributed by atoms with Gasteiger partial charge in [0.1, 0.15) is 17.2 Å². The first kappa shape index (κ1) is 57.7. The summed E-state index contributed by atoms with van der Waals surface area (Å²) in [6, 6.07) is 14.7. The number of hydrogen-bond acceptors (Lipinski definition) is 14. The van der Waals surface area contributed by atoms with E-state index in [0.717, 1.165) is 139 Å². The summed E-state index contributed by atoms with van der Waals surface area (Å²) in [4.78, 5) is 58.7. The number of ether oxygens (including phenoxy) is 2. The van der Waals surface area contributed by atoms with Crippen molar-refractivity contribution in [1.82, 2.24) is 65.9 Å². The number of nitrogens with zero attached hydrogens (tertiary/aromatic N) is 11. The van der Waals surface area contributed by atoms with Gasteiger partial charge in [0.25, 0.3) is 5.91 Å². The molecule has 4 amide bonds. The molecule has 3 aliphatic carbocycles. The van der Waals surface area contributed by atoms with Crippen molar-refractivity contribution in [2.24, 2.45) is 0 Å². The van der Waals surface area contributed by atoms with E-state index in [9.17, 15) is 24.4 Å². The zero-order chi connectivity index (χ0) is 55.6. The maximum Gasteiger partial charge on any atom is 0.272 e. The normalized spacial score (nSPS) is 18.1. The molecule has 6 heterocycles. The quantitative estimate of drug-likeness (QED) is 0.0277. The van der Waals surface area contributed by atoms with E-state index in [1.807, 2.05) is 39.7 Å². The van der Waals surface area contributed by atoms with Gasteiger partial charge < -0.3 is 40.4 Å². The van der Waals surface area contributed by atoms with Crippen molar-refractivity contribution in [2.45, 2.75) is 171 Å². The van der Waals surface area contributed by atoms with Gasteiger partial charge in [0, 0.05) is 81.3 Å². The number of aromatic amines is 1. The third-order valence-corrected chi connectivity index (χ3v) is 16.8. The van der Waals surface area contributed by atoms with Crippen molar-refractivity contribution in [2.75, 3.05) is 64.9 Å². The number of benzene rings is 1. The Labute approximate surface area is 469 Å². The van der Waals surface area contributed by atoms with Crippen molar-refractivity contribution in [1.29, 1.82) is 0 Å². The molecule has 5 aromatic rings. The van der Waals surface area contributed by atoms with Gasteiger partial charge in [-0.05, 0) is 128 Å². The lowest BCUT2D eigenvalue weighted by Crippen LogP contribution is -2.45. The smallest absolute Gasteiger partial charge is 0.272 e. The number of anilines is 1. The first-order valence-electron chi connectivity index (χ1n) is 29.5. The predicted molar refractivity (Wildman–Crippen MR) is 302 cm³/mol. The molecule has 5 fully saturated rings. The highest BCUT2D eigenvalue weighted by atomic mass is 16.5. The Hall–Kier alpha value is -6.94. The number of methoxy groups -OCH3 is 2. The van der Waals surface area contributed by atoms with E-state index in [2.05, 4.69) is 46.4 Å². The summed E-state index contributed by atoms with van der Waals surface area (Å²) in [5, 5.41) is 45.4. The van der Waals surface area contributed by atoms with E-state index in [1.54, 1.807) is 37.3 Å². The number of tetrazole rings is 1. The second-order valence-corrected chi connectivity index (χ2v) is 22.3. The molecule has 2 atom stereocenters. The lowest BCUT2D eigenvalue weighted by atomic mass is 9.93. The van der Waals surface area contributed by atoms with Crippen LogP contribution >= 0.6 is 0 Å². The summed E-state index contributed by atoms with van der Waals surface area (Å²) in [5.74, 6) is 1.98. The zero-order valence-electron chi connectivity index (χ0n) is 46.9. The molecule has 2 saturated heterocycles. The Balaban J connectivity index is 0.000000196. The number of carbonyl (C=O) groups is 4. The number of pyridine rings is 1. The van der Waals surface area contributed by atoms with E-state index in [0.29, 0.717) is 59.6 Å². The third kappa shape index (κ3) is 15.3. The molecule has 0 spiro atoms. The molecule has 432 valence electrons. The Bertz CT molecular complexity index is 2730. The Morgan fingerprint density at radius 1 is 0.762 bits per heavy atom. The van der Waals surface area contributed by atoms with E-state index < -0.39 is 0 Å². The van der Waals surface area contributed by atoms with Crippen LogP contribution in [0, 0.1) is 5.21 Å². The summed E-state index contributed by atoms with van der Waals surface area (Å²) in [6.07, 6.45) is 23.6. The van der Waals surface area contributed by atoms with Crippen LogP contribution in [-0.4, -0.2) is 152 Å². The van der Waals surface area contributed by atoms with E-state index in [-0.39, 0.29) is 60.8 Å². The molecule has 10 rings (SSSR count). The van der Waals surface area contributed by atoms with Crippen LogP contribution in [0.2, 0.25) is 0 Å². The number of likely N-dealkylation sites (tertiary alicyclic amines) is 2. The minimum absolute atomic E-state index is 0.00232. The van der Waals surface area contributed by atoms with Gasteiger partial charge in [0.2, 0.25) is 23.9 Å². The summed E-state index contributed by atoms with van der Waals surface area (Å²) in [7, 11) is 3.28. The number of H-pyrrole nitrogens is 1. The molecule has 0 radical (unpaired) electrons. The summed E-state index contributed by atoms with van der Waals surface area (Å²) in [6.45, 7) is 6.29.